The van der Waals surface area contributed by atoms with Crippen LogP contribution in [-0.4, -0.2) is 30.7 Å². The van der Waals surface area contributed by atoms with Crippen LogP contribution in [0.4, 0.5) is 5.82 Å². The first-order chi connectivity index (χ1) is 14.3. The molecule has 1 aromatic carbocycles. The number of aryl methyl sites for hydroxylation is 2. The molecule has 0 aliphatic heterocycles. The molecular weight excluding hydrogens is 396 g/mol. The van der Waals surface area contributed by atoms with Gasteiger partial charge < -0.3 is 9.88 Å². The number of hydrogen-bond acceptors (Lipinski definition) is 4. The topological polar surface area (TPSA) is 60.0 Å². The molecule has 0 unspecified atom stereocenters. The zero-order chi connectivity index (χ0) is 21.3. The van der Waals surface area contributed by atoms with E-state index in [1.165, 1.54) is 0 Å². The number of hydrogen-bond donors (Lipinski definition) is 1. The van der Waals surface area contributed by atoms with Crippen molar-refractivity contribution < 1.29 is 0 Å². The van der Waals surface area contributed by atoms with Gasteiger partial charge in [-0.25, -0.2) is 9.97 Å². The molecule has 0 spiro atoms. The van der Waals surface area contributed by atoms with Crippen LogP contribution in [0, 0.1) is 6.92 Å². The van der Waals surface area contributed by atoms with Gasteiger partial charge in [0, 0.05) is 47.6 Å². The van der Waals surface area contributed by atoms with Gasteiger partial charge in [0.05, 0.1) is 23.3 Å². The van der Waals surface area contributed by atoms with E-state index in [0.717, 1.165) is 53.5 Å². The second-order valence-corrected chi connectivity index (χ2v) is 8.94. The molecule has 1 N–H and O–H groups in total. The third-order valence-corrected chi connectivity index (χ3v) is 5.46. The standard InChI is InChI=1S/C23H27ClN6/c1-16-21(17-8-5-6-9-18(17)24)22-27-19(23(2,3)4)14-20(30(22)28-16)26-10-7-12-29-13-11-25-15-29/h5-6,8-9,11,13-15,26H,7,10,12H2,1-4H3. The van der Waals surface area contributed by atoms with Crippen molar-refractivity contribution in [3.63, 3.8) is 0 Å². The minimum Gasteiger partial charge on any atom is -0.370 e. The number of halogens is 1. The number of imidazole rings is 1. The Kier molecular flexibility index (Phi) is 5.52. The third-order valence-electron chi connectivity index (χ3n) is 5.13. The molecule has 4 rings (SSSR count). The van der Waals surface area contributed by atoms with Crippen molar-refractivity contribution in [1.29, 1.82) is 0 Å². The van der Waals surface area contributed by atoms with Crippen molar-refractivity contribution in [2.45, 2.75) is 46.1 Å². The molecule has 0 aliphatic carbocycles. The summed E-state index contributed by atoms with van der Waals surface area (Å²) in [5, 5.41) is 9.07. The molecule has 0 saturated carbocycles. The summed E-state index contributed by atoms with van der Waals surface area (Å²) in [6, 6.07) is 9.97. The normalized spacial score (nSPS) is 11.9. The maximum absolute atomic E-state index is 6.52. The average Bonchev–Trinajstić information content (AvgIpc) is 3.32. The van der Waals surface area contributed by atoms with E-state index in [2.05, 4.69) is 41.7 Å². The monoisotopic (exact) mass is 422 g/mol. The largest absolute Gasteiger partial charge is 0.370 e. The second kappa shape index (κ2) is 8.11. The number of anilines is 1. The van der Waals surface area contributed by atoms with E-state index >= 15 is 0 Å². The first-order valence-electron chi connectivity index (χ1n) is 10.2. The van der Waals surface area contributed by atoms with Crippen LogP contribution in [0.1, 0.15) is 38.6 Å². The maximum Gasteiger partial charge on any atom is 0.165 e. The minimum atomic E-state index is -0.0923. The predicted molar refractivity (Wildman–Crippen MR) is 122 cm³/mol. The first kappa shape index (κ1) is 20.4. The molecule has 3 aromatic heterocycles. The summed E-state index contributed by atoms with van der Waals surface area (Å²) in [4.78, 5) is 9.10. The van der Waals surface area contributed by atoms with E-state index in [-0.39, 0.29) is 5.41 Å². The van der Waals surface area contributed by atoms with Gasteiger partial charge in [-0.2, -0.15) is 9.61 Å². The lowest BCUT2D eigenvalue weighted by Gasteiger charge is -2.20. The molecule has 0 radical (unpaired) electrons. The van der Waals surface area contributed by atoms with Gasteiger partial charge in [0.1, 0.15) is 5.82 Å². The summed E-state index contributed by atoms with van der Waals surface area (Å²) in [5.41, 5.74) is 4.59. The van der Waals surface area contributed by atoms with Crippen molar-refractivity contribution in [2.24, 2.45) is 0 Å². The average molecular weight is 423 g/mol. The smallest absolute Gasteiger partial charge is 0.165 e. The number of fused-ring (bicyclic) bond motifs is 1. The van der Waals surface area contributed by atoms with Crippen LogP contribution in [0.2, 0.25) is 5.02 Å². The Bertz CT molecular complexity index is 1150. The van der Waals surface area contributed by atoms with Crippen LogP contribution in [0.5, 0.6) is 0 Å². The molecule has 30 heavy (non-hydrogen) atoms. The molecule has 7 heteroatoms. The highest BCUT2D eigenvalue weighted by molar-refractivity contribution is 6.33. The van der Waals surface area contributed by atoms with Gasteiger partial charge in [-0.1, -0.05) is 50.6 Å². The summed E-state index contributed by atoms with van der Waals surface area (Å²) >= 11 is 6.52. The quantitative estimate of drug-likeness (QED) is 0.425. The number of aromatic nitrogens is 5. The summed E-state index contributed by atoms with van der Waals surface area (Å²) < 4.78 is 3.98. The lowest BCUT2D eigenvalue weighted by molar-refractivity contribution is 0.568. The highest BCUT2D eigenvalue weighted by atomic mass is 35.5. The Morgan fingerprint density at radius 2 is 1.97 bits per heavy atom. The van der Waals surface area contributed by atoms with E-state index in [1.807, 2.05) is 48.2 Å². The Hall–Kier alpha value is -2.86. The molecule has 0 atom stereocenters. The molecule has 0 fully saturated rings. The molecule has 0 bridgehead atoms. The Balaban J connectivity index is 1.74. The maximum atomic E-state index is 6.52. The van der Waals surface area contributed by atoms with Crippen molar-refractivity contribution in [3.8, 4) is 11.1 Å². The van der Waals surface area contributed by atoms with E-state index in [9.17, 15) is 0 Å². The molecule has 6 nitrogen and oxygen atoms in total. The lowest BCUT2D eigenvalue weighted by Crippen LogP contribution is -2.17. The van der Waals surface area contributed by atoms with Crippen molar-refractivity contribution >= 4 is 23.1 Å². The van der Waals surface area contributed by atoms with Crippen LogP contribution in [0.15, 0.2) is 49.1 Å². The lowest BCUT2D eigenvalue weighted by atomic mass is 9.92. The minimum absolute atomic E-state index is 0.0923. The molecule has 0 saturated heterocycles. The summed E-state index contributed by atoms with van der Waals surface area (Å²) in [5.74, 6) is 0.942. The van der Waals surface area contributed by atoms with Gasteiger partial charge >= 0.3 is 0 Å². The molecule has 156 valence electrons. The van der Waals surface area contributed by atoms with Crippen LogP contribution < -0.4 is 5.32 Å². The van der Waals surface area contributed by atoms with Crippen molar-refractivity contribution in [2.75, 3.05) is 11.9 Å². The SMILES string of the molecule is Cc1nn2c(NCCCn3ccnc3)cc(C(C)(C)C)nc2c1-c1ccccc1Cl. The van der Waals surface area contributed by atoms with Gasteiger partial charge in [-0.3, -0.25) is 0 Å². The number of nitrogens with one attached hydrogen (secondary N) is 1. The Morgan fingerprint density at radius 1 is 1.17 bits per heavy atom. The van der Waals surface area contributed by atoms with Gasteiger partial charge in [0.15, 0.2) is 5.65 Å². The molecular formula is C23H27ClN6. The molecule has 0 aliphatic rings. The van der Waals surface area contributed by atoms with Crippen LogP contribution in [-0.2, 0) is 12.0 Å². The zero-order valence-electron chi connectivity index (χ0n) is 17.9. The number of nitrogens with zero attached hydrogens (tertiary/aromatic N) is 5. The fourth-order valence-corrected chi connectivity index (χ4v) is 3.74. The van der Waals surface area contributed by atoms with Gasteiger partial charge in [-0.15, -0.1) is 0 Å². The van der Waals surface area contributed by atoms with Crippen molar-refractivity contribution in [1.82, 2.24) is 24.1 Å². The van der Waals surface area contributed by atoms with E-state index in [0.29, 0.717) is 5.02 Å². The predicted octanol–water partition coefficient (Wildman–Crippen LogP) is 5.35. The zero-order valence-corrected chi connectivity index (χ0v) is 18.6. The summed E-state index contributed by atoms with van der Waals surface area (Å²) in [7, 11) is 0. The van der Waals surface area contributed by atoms with Crippen LogP contribution in [0.25, 0.3) is 16.8 Å². The van der Waals surface area contributed by atoms with E-state index in [1.54, 1.807) is 6.20 Å². The van der Waals surface area contributed by atoms with Gasteiger partial charge in [-0.05, 0) is 19.4 Å². The highest BCUT2D eigenvalue weighted by Gasteiger charge is 2.22. The highest BCUT2D eigenvalue weighted by Crippen LogP contribution is 2.35. The van der Waals surface area contributed by atoms with E-state index in [4.69, 9.17) is 21.7 Å². The Labute approximate surface area is 181 Å². The van der Waals surface area contributed by atoms with Gasteiger partial charge in [0.25, 0.3) is 0 Å². The summed E-state index contributed by atoms with van der Waals surface area (Å²) in [6.45, 7) is 10.3. The fourth-order valence-electron chi connectivity index (χ4n) is 3.51. The number of rotatable bonds is 6. The molecule has 3 heterocycles. The molecule has 4 aromatic rings. The van der Waals surface area contributed by atoms with Crippen molar-refractivity contribution in [3.05, 3.63) is 65.5 Å². The second-order valence-electron chi connectivity index (χ2n) is 8.53. The van der Waals surface area contributed by atoms with E-state index < -0.39 is 0 Å². The van der Waals surface area contributed by atoms with Crippen LogP contribution >= 0.6 is 11.6 Å². The summed E-state index contributed by atoms with van der Waals surface area (Å²) in [6.07, 6.45) is 6.60. The fraction of sp³-hybridized carbons (Fsp3) is 0.348. The van der Waals surface area contributed by atoms with Gasteiger partial charge in [0.2, 0.25) is 0 Å². The van der Waals surface area contributed by atoms with Crippen LogP contribution in [0.3, 0.4) is 0 Å². The first-order valence-corrected chi connectivity index (χ1v) is 10.6. The Morgan fingerprint density at radius 3 is 2.67 bits per heavy atom. The third kappa shape index (κ3) is 4.05. The number of benzene rings is 1. The molecule has 0 amide bonds.